The van der Waals surface area contributed by atoms with E-state index in [0.717, 1.165) is 26.1 Å². The number of aliphatic imine (C=N–C) groups is 1. The molecule has 3 N–H and O–H groups in total. The Labute approximate surface area is 121 Å². The second-order valence-corrected chi connectivity index (χ2v) is 5.98. The standard InChI is InChI=1S/C16H24N4/c1-12(10-18-16(17)19-15-6-7-15)20-9-8-13-4-2-3-5-14(13)11-20/h2-5,12,15H,6-11H2,1H3,(H3,17,18,19). The normalized spacial score (nSPS) is 21.4. The van der Waals surface area contributed by atoms with Crippen LogP contribution in [0.25, 0.3) is 0 Å². The van der Waals surface area contributed by atoms with E-state index in [1.54, 1.807) is 0 Å². The lowest BCUT2D eigenvalue weighted by atomic mass is 9.99. The summed E-state index contributed by atoms with van der Waals surface area (Å²) in [7, 11) is 0. The van der Waals surface area contributed by atoms with E-state index in [2.05, 4.69) is 46.4 Å². The molecule has 1 aromatic rings. The molecule has 0 saturated heterocycles. The van der Waals surface area contributed by atoms with Crippen molar-refractivity contribution < 1.29 is 0 Å². The quantitative estimate of drug-likeness (QED) is 0.645. The van der Waals surface area contributed by atoms with Crippen LogP contribution in [0.1, 0.15) is 30.9 Å². The van der Waals surface area contributed by atoms with Crippen molar-refractivity contribution in [3.63, 3.8) is 0 Å². The van der Waals surface area contributed by atoms with E-state index in [1.165, 1.54) is 24.0 Å². The van der Waals surface area contributed by atoms with E-state index in [9.17, 15) is 0 Å². The van der Waals surface area contributed by atoms with Crippen LogP contribution < -0.4 is 11.1 Å². The lowest BCUT2D eigenvalue weighted by molar-refractivity contribution is 0.195. The zero-order chi connectivity index (χ0) is 13.9. The molecule has 1 aromatic carbocycles. The predicted molar refractivity (Wildman–Crippen MR) is 82.7 cm³/mol. The molecule has 0 aromatic heterocycles. The molecule has 1 aliphatic carbocycles. The van der Waals surface area contributed by atoms with Gasteiger partial charge in [0, 0.05) is 25.2 Å². The number of nitrogens with two attached hydrogens (primary N) is 1. The molecule has 1 unspecified atom stereocenters. The highest BCUT2D eigenvalue weighted by Gasteiger charge is 2.22. The van der Waals surface area contributed by atoms with E-state index < -0.39 is 0 Å². The Morgan fingerprint density at radius 1 is 1.40 bits per heavy atom. The van der Waals surface area contributed by atoms with Gasteiger partial charge >= 0.3 is 0 Å². The molecule has 0 amide bonds. The Balaban J connectivity index is 1.54. The van der Waals surface area contributed by atoms with Gasteiger partial charge in [0.1, 0.15) is 0 Å². The van der Waals surface area contributed by atoms with Gasteiger partial charge < -0.3 is 11.1 Å². The molecule has 0 radical (unpaired) electrons. The van der Waals surface area contributed by atoms with E-state index in [-0.39, 0.29) is 0 Å². The molecule has 20 heavy (non-hydrogen) atoms. The van der Waals surface area contributed by atoms with Crippen molar-refractivity contribution in [3.05, 3.63) is 35.4 Å². The SMILES string of the molecule is CC(CN=C(N)NC1CC1)N1CCc2ccccc2C1. The van der Waals surface area contributed by atoms with Crippen LogP contribution >= 0.6 is 0 Å². The highest BCUT2D eigenvalue weighted by Crippen LogP contribution is 2.20. The first kappa shape index (κ1) is 13.4. The van der Waals surface area contributed by atoms with Gasteiger partial charge in [-0.2, -0.15) is 0 Å². The second-order valence-electron chi connectivity index (χ2n) is 5.98. The molecule has 1 heterocycles. The number of nitrogens with one attached hydrogen (secondary N) is 1. The van der Waals surface area contributed by atoms with Crippen LogP contribution in [-0.4, -0.2) is 36.0 Å². The van der Waals surface area contributed by atoms with Gasteiger partial charge in [-0.1, -0.05) is 24.3 Å². The third-order valence-electron chi connectivity index (χ3n) is 4.24. The van der Waals surface area contributed by atoms with Crippen LogP contribution in [0.4, 0.5) is 0 Å². The average Bonchev–Trinajstić information content (AvgIpc) is 3.28. The maximum atomic E-state index is 5.89. The van der Waals surface area contributed by atoms with Gasteiger partial charge in [-0.25, -0.2) is 0 Å². The van der Waals surface area contributed by atoms with Crippen LogP contribution in [0.15, 0.2) is 29.3 Å². The molecule has 1 atom stereocenters. The Morgan fingerprint density at radius 2 is 2.15 bits per heavy atom. The minimum absolute atomic E-state index is 0.433. The summed E-state index contributed by atoms with van der Waals surface area (Å²) in [5.41, 5.74) is 8.84. The summed E-state index contributed by atoms with van der Waals surface area (Å²) in [6.45, 7) is 5.15. The molecule has 0 spiro atoms. The number of fused-ring (bicyclic) bond motifs is 1. The first-order chi connectivity index (χ1) is 9.72. The van der Waals surface area contributed by atoms with Crippen LogP contribution in [0, 0.1) is 0 Å². The fraction of sp³-hybridized carbons (Fsp3) is 0.562. The molecule has 4 nitrogen and oxygen atoms in total. The zero-order valence-electron chi connectivity index (χ0n) is 12.2. The van der Waals surface area contributed by atoms with Gasteiger partial charge in [0.15, 0.2) is 5.96 Å². The highest BCUT2D eigenvalue weighted by molar-refractivity contribution is 5.78. The minimum Gasteiger partial charge on any atom is -0.370 e. The van der Waals surface area contributed by atoms with Crippen molar-refractivity contribution in [2.45, 2.75) is 44.8 Å². The van der Waals surface area contributed by atoms with Gasteiger partial charge in [0.05, 0.1) is 6.54 Å². The monoisotopic (exact) mass is 272 g/mol. The lowest BCUT2D eigenvalue weighted by Crippen LogP contribution is -2.40. The van der Waals surface area contributed by atoms with E-state index >= 15 is 0 Å². The highest BCUT2D eigenvalue weighted by atomic mass is 15.2. The maximum Gasteiger partial charge on any atom is 0.188 e. The van der Waals surface area contributed by atoms with Gasteiger partial charge in [0.2, 0.25) is 0 Å². The summed E-state index contributed by atoms with van der Waals surface area (Å²) in [6, 6.07) is 9.75. The van der Waals surface area contributed by atoms with Crippen molar-refractivity contribution in [2.75, 3.05) is 13.1 Å². The van der Waals surface area contributed by atoms with Crippen molar-refractivity contribution in [2.24, 2.45) is 10.7 Å². The molecule has 0 bridgehead atoms. The molecular formula is C16H24N4. The Bertz CT molecular complexity index is 493. The maximum absolute atomic E-state index is 5.89. The fourth-order valence-electron chi connectivity index (χ4n) is 2.72. The summed E-state index contributed by atoms with van der Waals surface area (Å²) in [4.78, 5) is 6.97. The van der Waals surface area contributed by atoms with E-state index in [0.29, 0.717) is 18.0 Å². The molecule has 2 aliphatic rings. The van der Waals surface area contributed by atoms with Gasteiger partial charge in [-0.15, -0.1) is 0 Å². The Kier molecular flexibility index (Phi) is 3.92. The number of rotatable bonds is 4. The van der Waals surface area contributed by atoms with Crippen molar-refractivity contribution >= 4 is 5.96 Å². The summed E-state index contributed by atoms with van der Waals surface area (Å²) < 4.78 is 0. The summed E-state index contributed by atoms with van der Waals surface area (Å²) in [6.07, 6.45) is 3.60. The largest absolute Gasteiger partial charge is 0.370 e. The number of benzene rings is 1. The number of hydrogen-bond acceptors (Lipinski definition) is 2. The summed E-state index contributed by atoms with van der Waals surface area (Å²) in [5, 5.41) is 3.24. The van der Waals surface area contributed by atoms with Crippen molar-refractivity contribution in [1.29, 1.82) is 0 Å². The van der Waals surface area contributed by atoms with Crippen molar-refractivity contribution in [3.8, 4) is 0 Å². The van der Waals surface area contributed by atoms with Crippen molar-refractivity contribution in [1.82, 2.24) is 10.2 Å². The third kappa shape index (κ3) is 3.31. The fourth-order valence-corrected chi connectivity index (χ4v) is 2.72. The molecule has 4 heteroatoms. The molecule has 3 rings (SSSR count). The zero-order valence-corrected chi connectivity index (χ0v) is 12.2. The first-order valence-corrected chi connectivity index (χ1v) is 7.59. The Hall–Kier alpha value is -1.55. The topological polar surface area (TPSA) is 53.6 Å². The number of hydrogen-bond donors (Lipinski definition) is 2. The number of nitrogens with zero attached hydrogens (tertiary/aromatic N) is 2. The summed E-state index contributed by atoms with van der Waals surface area (Å²) in [5.74, 6) is 0.608. The second kappa shape index (κ2) is 5.83. The Morgan fingerprint density at radius 3 is 2.90 bits per heavy atom. The van der Waals surface area contributed by atoms with Crippen LogP contribution in [0.2, 0.25) is 0 Å². The molecular weight excluding hydrogens is 248 g/mol. The smallest absolute Gasteiger partial charge is 0.188 e. The average molecular weight is 272 g/mol. The first-order valence-electron chi connectivity index (χ1n) is 7.59. The van der Waals surface area contributed by atoms with E-state index in [4.69, 9.17) is 5.73 Å². The summed E-state index contributed by atoms with van der Waals surface area (Å²) >= 11 is 0. The van der Waals surface area contributed by atoms with Crippen LogP contribution in [0.3, 0.4) is 0 Å². The van der Waals surface area contributed by atoms with Crippen LogP contribution in [0.5, 0.6) is 0 Å². The molecule has 1 fully saturated rings. The predicted octanol–water partition coefficient (Wildman–Crippen LogP) is 1.50. The number of guanidine groups is 1. The van der Waals surface area contributed by atoms with Gasteiger partial charge in [-0.3, -0.25) is 9.89 Å². The lowest BCUT2D eigenvalue weighted by Gasteiger charge is -2.33. The molecule has 1 aliphatic heterocycles. The van der Waals surface area contributed by atoms with Crippen LogP contribution in [-0.2, 0) is 13.0 Å². The molecule has 1 saturated carbocycles. The van der Waals surface area contributed by atoms with Gasteiger partial charge in [-0.05, 0) is 37.3 Å². The van der Waals surface area contributed by atoms with Gasteiger partial charge in [0.25, 0.3) is 0 Å². The van der Waals surface area contributed by atoms with E-state index in [1.807, 2.05) is 0 Å². The third-order valence-corrected chi connectivity index (χ3v) is 4.24. The minimum atomic E-state index is 0.433. The molecule has 108 valence electrons.